The van der Waals surface area contributed by atoms with Gasteiger partial charge in [-0.25, -0.2) is 4.39 Å². The fourth-order valence-electron chi connectivity index (χ4n) is 2.93. The van der Waals surface area contributed by atoms with E-state index in [1.54, 1.807) is 6.07 Å². The van der Waals surface area contributed by atoms with Crippen LogP contribution in [0.1, 0.15) is 30.4 Å². The molecule has 2 unspecified atom stereocenters. The molecule has 5 nitrogen and oxygen atoms in total. The highest BCUT2D eigenvalue weighted by Gasteiger charge is 2.40. The number of ether oxygens (including phenoxy) is 1. The van der Waals surface area contributed by atoms with E-state index >= 15 is 0 Å². The van der Waals surface area contributed by atoms with Crippen molar-refractivity contribution < 1.29 is 14.3 Å². The summed E-state index contributed by atoms with van der Waals surface area (Å²) in [5.74, 6) is 0.207. The second kappa shape index (κ2) is 5.99. The Morgan fingerprint density at radius 2 is 2.19 bits per heavy atom. The number of halogens is 1. The van der Waals surface area contributed by atoms with E-state index in [-0.39, 0.29) is 5.84 Å². The maximum absolute atomic E-state index is 13.6. The van der Waals surface area contributed by atoms with Crippen LogP contribution < -0.4 is 11.1 Å². The zero-order valence-electron chi connectivity index (χ0n) is 11.8. The highest BCUT2D eigenvalue weighted by atomic mass is 19.1. The summed E-state index contributed by atoms with van der Waals surface area (Å²) in [6, 6.07) is 4.77. The van der Waals surface area contributed by atoms with Crippen LogP contribution in [-0.2, 0) is 11.3 Å². The van der Waals surface area contributed by atoms with Crippen LogP contribution in [0.2, 0.25) is 0 Å². The van der Waals surface area contributed by atoms with Gasteiger partial charge in [-0.05, 0) is 48.9 Å². The molecule has 1 aliphatic heterocycles. The lowest BCUT2D eigenvalue weighted by atomic mass is 10.0. The molecule has 6 heteroatoms. The van der Waals surface area contributed by atoms with Gasteiger partial charge < -0.3 is 21.0 Å². The predicted octanol–water partition coefficient (Wildman–Crippen LogP) is 1.58. The smallest absolute Gasteiger partial charge is 0.170 e. The van der Waals surface area contributed by atoms with Gasteiger partial charge in [0.15, 0.2) is 5.84 Å². The minimum Gasteiger partial charge on any atom is -0.409 e. The van der Waals surface area contributed by atoms with E-state index in [1.165, 1.54) is 25.0 Å². The zero-order valence-corrected chi connectivity index (χ0v) is 11.8. The van der Waals surface area contributed by atoms with Crippen LogP contribution in [0.5, 0.6) is 0 Å². The van der Waals surface area contributed by atoms with Crippen molar-refractivity contribution in [3.8, 4) is 0 Å². The van der Waals surface area contributed by atoms with Crippen molar-refractivity contribution in [2.75, 3.05) is 6.61 Å². The molecule has 2 atom stereocenters. The molecule has 2 fully saturated rings. The Bertz CT molecular complexity index is 546. The quantitative estimate of drug-likeness (QED) is 0.333. The molecule has 21 heavy (non-hydrogen) atoms. The average molecular weight is 293 g/mol. The molecule has 1 aromatic rings. The number of oxime groups is 1. The van der Waals surface area contributed by atoms with Crippen molar-refractivity contribution in [3.05, 3.63) is 35.1 Å². The van der Waals surface area contributed by atoms with Crippen LogP contribution in [0, 0.1) is 11.7 Å². The van der Waals surface area contributed by atoms with Gasteiger partial charge in [-0.2, -0.15) is 0 Å². The summed E-state index contributed by atoms with van der Waals surface area (Å²) in [4.78, 5) is 0. The highest BCUT2D eigenvalue weighted by molar-refractivity contribution is 5.97. The fourth-order valence-corrected chi connectivity index (χ4v) is 2.93. The number of benzene rings is 1. The number of nitrogens with zero attached hydrogens (tertiary/aromatic N) is 1. The molecule has 0 bridgehead atoms. The summed E-state index contributed by atoms with van der Waals surface area (Å²) >= 11 is 0. The van der Waals surface area contributed by atoms with Gasteiger partial charge in [-0.3, -0.25) is 0 Å². The van der Waals surface area contributed by atoms with Gasteiger partial charge >= 0.3 is 0 Å². The topological polar surface area (TPSA) is 79.9 Å². The van der Waals surface area contributed by atoms with Crippen molar-refractivity contribution in [2.45, 2.75) is 38.0 Å². The van der Waals surface area contributed by atoms with Crippen molar-refractivity contribution >= 4 is 5.84 Å². The average Bonchev–Trinajstić information content (AvgIpc) is 3.22. The molecular weight excluding hydrogens is 273 g/mol. The summed E-state index contributed by atoms with van der Waals surface area (Å²) in [7, 11) is 0. The number of hydrogen-bond donors (Lipinski definition) is 3. The normalized spacial score (nSPS) is 26.2. The van der Waals surface area contributed by atoms with Gasteiger partial charge in [0, 0.05) is 24.8 Å². The lowest BCUT2D eigenvalue weighted by Crippen LogP contribution is -2.37. The molecular formula is C15H20FN3O2. The molecule has 1 aliphatic carbocycles. The lowest BCUT2D eigenvalue weighted by Gasteiger charge is -2.19. The van der Waals surface area contributed by atoms with Crippen LogP contribution in [0.4, 0.5) is 4.39 Å². The summed E-state index contributed by atoms with van der Waals surface area (Å²) in [5, 5.41) is 15.0. The molecule has 1 saturated heterocycles. The number of nitrogens with one attached hydrogen (secondary N) is 1. The van der Waals surface area contributed by atoms with E-state index in [0.29, 0.717) is 30.2 Å². The first-order chi connectivity index (χ1) is 10.2. The van der Waals surface area contributed by atoms with E-state index in [2.05, 4.69) is 10.5 Å². The predicted molar refractivity (Wildman–Crippen MR) is 76.6 cm³/mol. The Labute approximate surface area is 123 Å². The molecule has 1 heterocycles. The van der Waals surface area contributed by atoms with Gasteiger partial charge in [-0.15, -0.1) is 0 Å². The Morgan fingerprint density at radius 1 is 1.38 bits per heavy atom. The maximum Gasteiger partial charge on any atom is 0.170 e. The molecule has 1 aromatic carbocycles. The fraction of sp³-hybridized carbons (Fsp3) is 0.533. The third kappa shape index (κ3) is 3.33. The van der Waals surface area contributed by atoms with Crippen molar-refractivity contribution in [2.24, 2.45) is 16.8 Å². The zero-order chi connectivity index (χ0) is 14.8. The van der Waals surface area contributed by atoms with E-state index in [9.17, 15) is 4.39 Å². The summed E-state index contributed by atoms with van der Waals surface area (Å²) in [6.45, 7) is 1.33. The molecule has 3 rings (SSSR count). The van der Waals surface area contributed by atoms with Crippen molar-refractivity contribution in [1.82, 2.24) is 5.32 Å². The first-order valence-corrected chi connectivity index (χ1v) is 7.29. The lowest BCUT2D eigenvalue weighted by molar-refractivity contribution is 0.0809. The minimum absolute atomic E-state index is 0.0872. The molecule has 2 aliphatic rings. The van der Waals surface area contributed by atoms with Gasteiger partial charge in [-0.1, -0.05) is 5.16 Å². The van der Waals surface area contributed by atoms with Gasteiger partial charge in [0.05, 0.1) is 6.10 Å². The number of nitrogens with two attached hydrogens (primary N) is 1. The second-order valence-electron chi connectivity index (χ2n) is 5.78. The first-order valence-electron chi connectivity index (χ1n) is 7.29. The Kier molecular flexibility index (Phi) is 4.07. The highest BCUT2D eigenvalue weighted by Crippen LogP contribution is 2.38. The second-order valence-corrected chi connectivity index (χ2v) is 5.78. The summed E-state index contributed by atoms with van der Waals surface area (Å²) < 4.78 is 19.4. The molecule has 0 aromatic heterocycles. The monoisotopic (exact) mass is 293 g/mol. The van der Waals surface area contributed by atoms with Crippen LogP contribution in [0.25, 0.3) is 0 Å². The van der Waals surface area contributed by atoms with Crippen molar-refractivity contribution in [3.63, 3.8) is 0 Å². The number of hydrogen-bond acceptors (Lipinski definition) is 4. The molecule has 0 spiro atoms. The van der Waals surface area contributed by atoms with Crippen molar-refractivity contribution in [1.29, 1.82) is 0 Å². The standard InChI is InChI=1S/C15H20FN3O2/c16-12-6-9(5-11(7-12)15(17)19-20)8-18-13-3-4-21-14(13)10-1-2-10/h5-7,10,13-14,18,20H,1-4,8H2,(H2,17,19). The van der Waals surface area contributed by atoms with E-state index in [4.69, 9.17) is 15.7 Å². The summed E-state index contributed by atoms with van der Waals surface area (Å²) in [5.41, 5.74) is 6.67. The number of rotatable bonds is 5. The Morgan fingerprint density at radius 3 is 2.90 bits per heavy atom. The minimum atomic E-state index is -0.391. The Hall–Kier alpha value is -1.66. The van der Waals surface area contributed by atoms with Crippen LogP contribution >= 0.6 is 0 Å². The number of amidine groups is 1. The maximum atomic E-state index is 13.6. The van der Waals surface area contributed by atoms with Gasteiger partial charge in [0.2, 0.25) is 0 Å². The summed E-state index contributed by atoms with van der Waals surface area (Å²) in [6.07, 6.45) is 3.78. The van der Waals surface area contributed by atoms with Gasteiger partial charge in [0.25, 0.3) is 0 Å². The van der Waals surface area contributed by atoms with Crippen LogP contribution in [0.15, 0.2) is 23.4 Å². The Balaban J connectivity index is 1.65. The molecule has 0 amide bonds. The molecule has 4 N–H and O–H groups in total. The van der Waals surface area contributed by atoms with Gasteiger partial charge in [0.1, 0.15) is 5.82 Å². The molecule has 114 valence electrons. The first kappa shape index (κ1) is 14.3. The third-order valence-corrected chi connectivity index (χ3v) is 4.15. The van der Waals surface area contributed by atoms with Crippen LogP contribution in [-0.4, -0.2) is 29.8 Å². The molecule has 1 saturated carbocycles. The van der Waals surface area contributed by atoms with Crippen LogP contribution in [0.3, 0.4) is 0 Å². The van der Waals surface area contributed by atoms with E-state index < -0.39 is 5.82 Å². The van der Waals surface area contributed by atoms with E-state index in [1.807, 2.05) is 0 Å². The SMILES string of the molecule is N/C(=N/O)c1cc(F)cc(CNC2CCOC2C2CC2)c1. The largest absolute Gasteiger partial charge is 0.409 e. The van der Waals surface area contributed by atoms with E-state index in [0.717, 1.165) is 18.6 Å². The third-order valence-electron chi connectivity index (χ3n) is 4.15. The molecule has 0 radical (unpaired) electrons.